The summed E-state index contributed by atoms with van der Waals surface area (Å²) in [4.78, 5) is 13.0. The monoisotopic (exact) mass is 168 g/mol. The fraction of sp³-hybridized carbons (Fsp3) is 0.667. The van der Waals surface area contributed by atoms with Gasteiger partial charge in [0.1, 0.15) is 6.04 Å². The molecular weight excluding hydrogens is 152 g/mol. The molecule has 0 aromatic carbocycles. The van der Waals surface area contributed by atoms with Crippen LogP contribution in [0.5, 0.6) is 0 Å². The number of rotatable bonds is 2. The highest BCUT2D eigenvalue weighted by atomic mass is 16.1. The Morgan fingerprint density at radius 2 is 2.25 bits per heavy atom. The lowest BCUT2D eigenvalue weighted by Crippen LogP contribution is -2.46. The number of likely N-dealkylation sites (tertiary alicyclic amines) is 1. The summed E-state index contributed by atoms with van der Waals surface area (Å²) in [5.41, 5.74) is 6.22. The lowest BCUT2D eigenvalue weighted by atomic mass is 10.0. The molecule has 1 atom stereocenters. The first kappa shape index (κ1) is 9.10. The average Bonchev–Trinajstić information content (AvgIpc) is 2.04. The first-order valence-corrected chi connectivity index (χ1v) is 4.34. The molecule has 1 aliphatic rings. The second-order valence-corrected chi connectivity index (χ2v) is 3.34. The quantitative estimate of drug-likeness (QED) is 0.664. The van der Waals surface area contributed by atoms with Gasteiger partial charge < -0.3 is 10.6 Å². The van der Waals surface area contributed by atoms with Gasteiger partial charge >= 0.3 is 0 Å². The number of nitrogens with two attached hydrogens (primary N) is 1. The Morgan fingerprint density at radius 1 is 1.58 bits per heavy atom. The zero-order valence-electron chi connectivity index (χ0n) is 7.55. The molecule has 1 aliphatic heterocycles. The van der Waals surface area contributed by atoms with Crippen LogP contribution in [0, 0.1) is 0 Å². The van der Waals surface area contributed by atoms with Crippen molar-refractivity contribution < 1.29 is 4.79 Å². The lowest BCUT2D eigenvalue weighted by Gasteiger charge is -2.35. The number of piperidine rings is 1. The van der Waals surface area contributed by atoms with Gasteiger partial charge in [0.2, 0.25) is 5.91 Å². The van der Waals surface area contributed by atoms with E-state index in [4.69, 9.17) is 5.73 Å². The van der Waals surface area contributed by atoms with Gasteiger partial charge in [-0.15, -0.1) is 0 Å². The van der Waals surface area contributed by atoms with E-state index in [1.54, 1.807) is 0 Å². The number of carbonyl (C=O) groups excluding carboxylic acids is 1. The minimum Gasteiger partial charge on any atom is -0.368 e. The average molecular weight is 168 g/mol. The van der Waals surface area contributed by atoms with Crippen LogP contribution in [-0.4, -0.2) is 23.4 Å². The van der Waals surface area contributed by atoms with Crippen molar-refractivity contribution in [2.24, 2.45) is 5.73 Å². The van der Waals surface area contributed by atoms with Gasteiger partial charge in [0, 0.05) is 12.2 Å². The molecule has 0 saturated carbocycles. The van der Waals surface area contributed by atoms with Gasteiger partial charge in [0.15, 0.2) is 0 Å². The molecule has 1 heterocycles. The number of nitrogens with zero attached hydrogens (tertiary/aromatic N) is 1. The van der Waals surface area contributed by atoms with E-state index in [1.165, 1.54) is 0 Å². The van der Waals surface area contributed by atoms with Crippen molar-refractivity contribution in [2.75, 3.05) is 6.54 Å². The van der Waals surface area contributed by atoms with Gasteiger partial charge in [-0.1, -0.05) is 6.58 Å². The van der Waals surface area contributed by atoms with Crippen LogP contribution in [0.25, 0.3) is 0 Å². The minimum atomic E-state index is -0.224. The van der Waals surface area contributed by atoms with Gasteiger partial charge in [-0.3, -0.25) is 4.79 Å². The molecule has 1 saturated heterocycles. The summed E-state index contributed by atoms with van der Waals surface area (Å²) in [5.74, 6) is -0.224. The van der Waals surface area contributed by atoms with Crippen molar-refractivity contribution in [3.05, 3.63) is 12.3 Å². The van der Waals surface area contributed by atoms with Crippen LogP contribution in [0.4, 0.5) is 0 Å². The SMILES string of the molecule is C=C(C)N1CCCC[C@@H]1C(N)=O. The highest BCUT2D eigenvalue weighted by Crippen LogP contribution is 2.19. The van der Waals surface area contributed by atoms with Crippen molar-refractivity contribution in [1.29, 1.82) is 0 Å². The molecular formula is C9H16N2O. The molecule has 0 aromatic heterocycles. The van der Waals surface area contributed by atoms with Gasteiger partial charge in [-0.25, -0.2) is 0 Å². The normalized spacial score (nSPS) is 23.8. The molecule has 3 heteroatoms. The molecule has 1 rings (SSSR count). The molecule has 0 bridgehead atoms. The Bertz CT molecular complexity index is 179. The molecule has 0 aliphatic carbocycles. The van der Waals surface area contributed by atoms with Gasteiger partial charge in [0.25, 0.3) is 0 Å². The topological polar surface area (TPSA) is 46.3 Å². The van der Waals surface area contributed by atoms with Crippen molar-refractivity contribution in [1.82, 2.24) is 4.90 Å². The van der Waals surface area contributed by atoms with E-state index in [9.17, 15) is 4.79 Å². The van der Waals surface area contributed by atoms with Gasteiger partial charge in [-0.2, -0.15) is 0 Å². The Kier molecular flexibility index (Phi) is 2.74. The summed E-state index contributed by atoms with van der Waals surface area (Å²) >= 11 is 0. The fourth-order valence-electron chi connectivity index (χ4n) is 1.68. The maximum atomic E-state index is 11.0. The van der Waals surface area contributed by atoms with Crippen molar-refractivity contribution in [3.8, 4) is 0 Å². The van der Waals surface area contributed by atoms with Crippen LogP contribution in [0.3, 0.4) is 0 Å². The standard InChI is InChI=1S/C9H16N2O/c1-7(2)11-6-4-3-5-8(11)9(10)12/h8H,1,3-6H2,2H3,(H2,10,12)/t8-/m1/s1. The smallest absolute Gasteiger partial charge is 0.240 e. The summed E-state index contributed by atoms with van der Waals surface area (Å²) < 4.78 is 0. The maximum absolute atomic E-state index is 11.0. The third-order valence-corrected chi connectivity index (χ3v) is 2.32. The first-order valence-electron chi connectivity index (χ1n) is 4.34. The van der Waals surface area contributed by atoms with E-state index in [2.05, 4.69) is 6.58 Å². The summed E-state index contributed by atoms with van der Waals surface area (Å²) in [6.45, 7) is 6.67. The number of amides is 1. The van der Waals surface area contributed by atoms with E-state index < -0.39 is 0 Å². The molecule has 0 unspecified atom stereocenters. The van der Waals surface area contributed by atoms with E-state index in [0.29, 0.717) is 0 Å². The molecule has 0 radical (unpaired) electrons. The van der Waals surface area contributed by atoms with Crippen LogP contribution in [0.15, 0.2) is 12.3 Å². The molecule has 0 spiro atoms. The number of carbonyl (C=O) groups is 1. The summed E-state index contributed by atoms with van der Waals surface area (Å²) in [7, 11) is 0. The number of primary amides is 1. The van der Waals surface area contributed by atoms with Gasteiger partial charge in [-0.05, 0) is 26.2 Å². The second kappa shape index (κ2) is 3.61. The molecule has 2 N–H and O–H groups in total. The fourth-order valence-corrected chi connectivity index (χ4v) is 1.68. The summed E-state index contributed by atoms with van der Waals surface area (Å²) in [6, 6.07) is -0.115. The summed E-state index contributed by atoms with van der Waals surface area (Å²) in [5, 5.41) is 0. The van der Waals surface area contributed by atoms with Crippen LogP contribution in [0.2, 0.25) is 0 Å². The maximum Gasteiger partial charge on any atom is 0.240 e. The summed E-state index contributed by atoms with van der Waals surface area (Å²) in [6.07, 6.45) is 3.11. The predicted octanol–water partition coefficient (Wildman–Crippen LogP) is 0.860. The van der Waals surface area contributed by atoms with Crippen molar-refractivity contribution in [3.63, 3.8) is 0 Å². The third-order valence-electron chi connectivity index (χ3n) is 2.32. The molecule has 1 amide bonds. The van der Waals surface area contributed by atoms with Gasteiger partial charge in [0.05, 0.1) is 0 Å². The number of hydrogen-bond donors (Lipinski definition) is 1. The van der Waals surface area contributed by atoms with Crippen molar-refractivity contribution in [2.45, 2.75) is 32.2 Å². The molecule has 12 heavy (non-hydrogen) atoms. The van der Waals surface area contributed by atoms with Crippen LogP contribution in [-0.2, 0) is 4.79 Å². The highest BCUT2D eigenvalue weighted by molar-refractivity contribution is 5.80. The second-order valence-electron chi connectivity index (χ2n) is 3.34. The third kappa shape index (κ3) is 1.78. The number of allylic oxidation sites excluding steroid dienone is 1. The Labute approximate surface area is 73.2 Å². The zero-order valence-corrected chi connectivity index (χ0v) is 7.55. The number of hydrogen-bond acceptors (Lipinski definition) is 2. The molecule has 0 aromatic rings. The molecule has 68 valence electrons. The Morgan fingerprint density at radius 3 is 2.67 bits per heavy atom. The molecule has 1 fully saturated rings. The lowest BCUT2D eigenvalue weighted by molar-refractivity contribution is -0.123. The van der Waals surface area contributed by atoms with Crippen molar-refractivity contribution >= 4 is 5.91 Å². The Balaban J connectivity index is 2.67. The van der Waals surface area contributed by atoms with Crippen LogP contribution >= 0.6 is 0 Å². The Hall–Kier alpha value is -0.990. The first-order chi connectivity index (χ1) is 5.63. The predicted molar refractivity (Wildman–Crippen MR) is 48.4 cm³/mol. The van der Waals surface area contributed by atoms with E-state index in [1.807, 2.05) is 11.8 Å². The van der Waals surface area contributed by atoms with Crippen LogP contribution < -0.4 is 5.73 Å². The highest BCUT2D eigenvalue weighted by Gasteiger charge is 2.25. The largest absolute Gasteiger partial charge is 0.368 e. The molecule has 3 nitrogen and oxygen atoms in total. The van der Waals surface area contributed by atoms with Crippen LogP contribution in [0.1, 0.15) is 26.2 Å². The van der Waals surface area contributed by atoms with E-state index >= 15 is 0 Å². The van der Waals surface area contributed by atoms with E-state index in [-0.39, 0.29) is 11.9 Å². The zero-order chi connectivity index (χ0) is 9.14. The minimum absolute atomic E-state index is 0.115. The van der Waals surface area contributed by atoms with E-state index in [0.717, 1.165) is 31.5 Å².